The number of amides is 1. The number of nitrogens with one attached hydrogen (secondary N) is 1. The molecule has 0 radical (unpaired) electrons. The molecule has 0 aromatic heterocycles. The Hall–Kier alpha value is -1.98. The van der Waals surface area contributed by atoms with E-state index in [4.69, 9.17) is 14.7 Å². The number of carboxylic acid groups (broad SMARTS) is 2. The van der Waals surface area contributed by atoms with E-state index in [0.717, 1.165) is 32.1 Å². The zero-order chi connectivity index (χ0) is 22.7. The summed E-state index contributed by atoms with van der Waals surface area (Å²) in [5.74, 6) is -2.74. The molecule has 0 aliphatic heterocycles. The van der Waals surface area contributed by atoms with Crippen molar-refractivity contribution in [2.45, 2.75) is 71.1 Å². The Kier molecular flexibility index (Phi) is 19.5. The first-order chi connectivity index (χ1) is 13.6. The van der Waals surface area contributed by atoms with Crippen LogP contribution in [0.25, 0.3) is 0 Å². The molecule has 0 rings (SSSR count). The minimum atomic E-state index is -0.973. The van der Waals surface area contributed by atoms with Crippen LogP contribution in [-0.4, -0.2) is 50.4 Å². The number of carbonyl (C=O) groups excluding carboxylic acids is 4. The summed E-state index contributed by atoms with van der Waals surface area (Å²) in [7, 11) is 0. The molecular formula is C19H29NO8W. The standard InChI is InChI=1S/C18H29NO6.CO2.W/c1-14(20)9-6-4-2-3-5-7-10-15(18(24)25)13-16(21)19-12-8-11-17(22)23;2-1-3;/h15H,2-3,5-13H2,1H3,(H,19,21)(H,22,23)(H,24,25);;/t15-;;/m1../s1. The number of aliphatic carboxylic acids is 2. The van der Waals surface area contributed by atoms with Crippen LogP contribution in [0.15, 0.2) is 0 Å². The van der Waals surface area contributed by atoms with Crippen LogP contribution in [-0.2, 0) is 48.1 Å². The quantitative estimate of drug-likeness (QED) is 0.231. The Morgan fingerprint density at radius 1 is 0.931 bits per heavy atom. The fourth-order valence-electron chi connectivity index (χ4n) is 2.41. The largest absolute Gasteiger partial charge is 0.373 e. The van der Waals surface area contributed by atoms with E-state index in [2.05, 4.69) is 5.32 Å². The Balaban J connectivity index is 0. The number of unbranched alkanes of at least 4 members (excludes halogenated alkanes) is 2. The van der Waals surface area contributed by atoms with Crippen molar-refractivity contribution in [2.75, 3.05) is 6.54 Å². The van der Waals surface area contributed by atoms with Gasteiger partial charge in [-0.2, -0.15) is 9.59 Å². The maximum atomic E-state index is 11.8. The first kappa shape index (κ1) is 29.2. The van der Waals surface area contributed by atoms with Crippen molar-refractivity contribution in [3.63, 3.8) is 0 Å². The molecule has 0 aromatic carbocycles. The summed E-state index contributed by atoms with van der Waals surface area (Å²) in [4.78, 5) is 60.6. The van der Waals surface area contributed by atoms with Crippen LogP contribution < -0.4 is 5.32 Å². The van der Waals surface area contributed by atoms with Gasteiger partial charge >= 0.3 is 155 Å². The first-order valence-electron chi connectivity index (χ1n) is 9.35. The van der Waals surface area contributed by atoms with E-state index in [0.29, 0.717) is 19.3 Å². The molecule has 10 heteroatoms. The maximum absolute atomic E-state index is 11.8. The third-order valence-corrected chi connectivity index (χ3v) is 5.40. The molecule has 0 heterocycles. The van der Waals surface area contributed by atoms with E-state index >= 15 is 0 Å². The van der Waals surface area contributed by atoms with E-state index in [1.165, 1.54) is 23.3 Å². The predicted molar refractivity (Wildman–Crippen MR) is 98.6 cm³/mol. The van der Waals surface area contributed by atoms with Crippen molar-refractivity contribution >= 4 is 33.7 Å². The van der Waals surface area contributed by atoms with Gasteiger partial charge in [0.1, 0.15) is 0 Å². The fraction of sp³-hybridized carbons (Fsp3) is 0.684. The number of Topliss-reactive ketones (excluding diaryl/α,β-unsaturated/α-hetero) is 1. The molecule has 0 aromatic rings. The van der Waals surface area contributed by atoms with Crippen LogP contribution in [0.3, 0.4) is 0 Å². The number of ketones is 1. The van der Waals surface area contributed by atoms with E-state index in [9.17, 15) is 24.3 Å². The van der Waals surface area contributed by atoms with E-state index in [1.54, 1.807) is 6.92 Å². The monoisotopic (exact) mass is 583 g/mol. The molecule has 0 spiro atoms. The van der Waals surface area contributed by atoms with Gasteiger partial charge in [0.2, 0.25) is 0 Å². The van der Waals surface area contributed by atoms with Crippen molar-refractivity contribution < 1.29 is 58.3 Å². The third kappa shape index (κ3) is 22.2. The average molecular weight is 583 g/mol. The Morgan fingerprint density at radius 2 is 1.55 bits per heavy atom. The normalized spacial score (nSPS) is 10.7. The van der Waals surface area contributed by atoms with Gasteiger partial charge in [-0.05, 0) is 0 Å². The topological polar surface area (TPSA) is 155 Å². The number of carboxylic acids is 2. The molecular weight excluding hydrogens is 554 g/mol. The molecule has 0 unspecified atom stereocenters. The van der Waals surface area contributed by atoms with Crippen molar-refractivity contribution in [1.29, 1.82) is 0 Å². The Bertz CT molecular complexity index is 585. The molecule has 1 atom stereocenters. The van der Waals surface area contributed by atoms with Gasteiger partial charge < -0.3 is 5.11 Å². The van der Waals surface area contributed by atoms with Crippen molar-refractivity contribution in [3.05, 3.63) is 0 Å². The fourth-order valence-corrected chi connectivity index (χ4v) is 3.29. The van der Waals surface area contributed by atoms with Gasteiger partial charge in [-0.1, -0.05) is 0 Å². The van der Waals surface area contributed by atoms with Gasteiger partial charge in [-0.3, -0.25) is 4.79 Å². The van der Waals surface area contributed by atoms with Gasteiger partial charge in [-0.15, -0.1) is 0 Å². The van der Waals surface area contributed by atoms with Crippen LogP contribution in [0.4, 0.5) is 0 Å². The van der Waals surface area contributed by atoms with Gasteiger partial charge in [0.15, 0.2) is 0 Å². The molecule has 164 valence electrons. The molecule has 3 N–H and O–H groups in total. The van der Waals surface area contributed by atoms with Crippen LogP contribution in [0.1, 0.15) is 71.1 Å². The minimum Gasteiger partial charge on any atom is -0.186 e. The smallest absolute Gasteiger partial charge is 0.186 e. The molecule has 0 saturated carbocycles. The molecule has 0 aliphatic carbocycles. The van der Waals surface area contributed by atoms with Crippen LogP contribution in [0, 0.1) is 5.92 Å². The van der Waals surface area contributed by atoms with Gasteiger partial charge in [0.05, 0.1) is 0 Å². The first-order valence-corrected chi connectivity index (χ1v) is 10.8. The van der Waals surface area contributed by atoms with Gasteiger partial charge in [0, 0.05) is 6.42 Å². The summed E-state index contributed by atoms with van der Waals surface area (Å²) in [6.07, 6.45) is 6.00. The second kappa shape index (κ2) is 19.3. The zero-order valence-electron chi connectivity index (χ0n) is 16.6. The third-order valence-electron chi connectivity index (χ3n) is 3.93. The molecule has 0 bridgehead atoms. The summed E-state index contributed by atoms with van der Waals surface area (Å²) in [5, 5.41) is 20.3. The summed E-state index contributed by atoms with van der Waals surface area (Å²) >= 11 is 1.41. The van der Waals surface area contributed by atoms with Crippen LogP contribution in [0.5, 0.6) is 0 Å². The predicted octanol–water partition coefficient (Wildman–Crippen LogP) is 1.51. The number of rotatable bonds is 16. The summed E-state index contributed by atoms with van der Waals surface area (Å²) in [6, 6.07) is 0. The van der Waals surface area contributed by atoms with Crippen LogP contribution >= 0.6 is 0 Å². The summed E-state index contributed by atoms with van der Waals surface area (Å²) < 4.78 is 1.37. The maximum Gasteiger partial charge on any atom is 0.373 e. The second-order valence-corrected chi connectivity index (χ2v) is 8.58. The van der Waals surface area contributed by atoms with E-state index in [1.807, 2.05) is 0 Å². The SMILES string of the molecule is CC(=O)CC[C](=[W])CCCCC[C@H](CC(=O)NCCCC(=O)O)C(=O)O.O=C=O. The van der Waals surface area contributed by atoms with Crippen molar-refractivity contribution in [3.8, 4) is 0 Å². The number of hydrogen-bond acceptors (Lipinski definition) is 6. The second-order valence-electron chi connectivity index (χ2n) is 6.51. The molecule has 0 fully saturated rings. The van der Waals surface area contributed by atoms with Gasteiger partial charge in [-0.25, -0.2) is 0 Å². The molecule has 29 heavy (non-hydrogen) atoms. The summed E-state index contributed by atoms with van der Waals surface area (Å²) in [6.45, 7) is 1.84. The van der Waals surface area contributed by atoms with E-state index < -0.39 is 17.9 Å². The molecule has 0 aliphatic rings. The van der Waals surface area contributed by atoms with Crippen molar-refractivity contribution in [1.82, 2.24) is 5.32 Å². The Morgan fingerprint density at radius 3 is 2.07 bits per heavy atom. The molecule has 9 nitrogen and oxygen atoms in total. The van der Waals surface area contributed by atoms with E-state index in [-0.39, 0.29) is 37.2 Å². The van der Waals surface area contributed by atoms with Crippen molar-refractivity contribution in [2.24, 2.45) is 5.92 Å². The number of carbonyl (C=O) groups is 4. The Labute approximate surface area is 181 Å². The summed E-state index contributed by atoms with van der Waals surface area (Å²) in [5.41, 5.74) is 0. The molecule has 1 amide bonds. The molecule has 0 saturated heterocycles. The van der Waals surface area contributed by atoms with Gasteiger partial charge in [0.25, 0.3) is 0 Å². The van der Waals surface area contributed by atoms with Crippen LogP contribution in [0.2, 0.25) is 0 Å². The minimum absolute atomic E-state index is 0.0206. The average Bonchev–Trinajstić information content (AvgIpc) is 2.62. The zero-order valence-corrected chi connectivity index (χ0v) is 19.5. The number of hydrogen-bond donors (Lipinski definition) is 3.